The number of nitrogens with one attached hydrogen (secondary N) is 1. The minimum absolute atomic E-state index is 0.393. The van der Waals surface area contributed by atoms with Crippen molar-refractivity contribution < 1.29 is 0 Å². The zero-order valence-electron chi connectivity index (χ0n) is 7.47. The van der Waals surface area contributed by atoms with Gasteiger partial charge in [0.1, 0.15) is 11.0 Å². The van der Waals surface area contributed by atoms with Crippen LogP contribution in [0, 0.1) is 0 Å². The minimum Gasteiger partial charge on any atom is -0.399 e. The van der Waals surface area contributed by atoms with E-state index >= 15 is 0 Å². The van der Waals surface area contributed by atoms with Crippen LogP contribution in [0.1, 0.15) is 6.92 Å². The summed E-state index contributed by atoms with van der Waals surface area (Å²) in [5.74, 6) is 0.674. The lowest BCUT2D eigenvalue weighted by molar-refractivity contribution is 1.17. The number of aromatic nitrogens is 1. The Labute approximate surface area is 82.6 Å². The smallest absolute Gasteiger partial charge is 0.133 e. The molecule has 0 aromatic carbocycles. The lowest BCUT2D eigenvalue weighted by Crippen LogP contribution is -2.04. The first-order valence-electron chi connectivity index (χ1n) is 3.89. The van der Waals surface area contributed by atoms with Gasteiger partial charge in [-0.05, 0) is 13.0 Å². The molecule has 0 radical (unpaired) electrons. The zero-order chi connectivity index (χ0) is 9.84. The van der Waals surface area contributed by atoms with Gasteiger partial charge < -0.3 is 11.1 Å². The number of rotatable bonds is 3. The molecule has 0 bridgehead atoms. The third-order valence-corrected chi connectivity index (χ3v) is 1.58. The summed E-state index contributed by atoms with van der Waals surface area (Å²) in [5, 5.41) is 3.44. The molecule has 0 saturated heterocycles. The van der Waals surface area contributed by atoms with Crippen molar-refractivity contribution in [2.75, 3.05) is 17.6 Å². The number of nitrogens with zero attached hydrogens (tertiary/aromatic N) is 1. The summed E-state index contributed by atoms with van der Waals surface area (Å²) in [4.78, 5) is 4.04. The molecule has 0 amide bonds. The van der Waals surface area contributed by atoms with Crippen molar-refractivity contribution in [3.8, 4) is 0 Å². The lowest BCUT2D eigenvalue weighted by Gasteiger charge is -2.05. The highest BCUT2D eigenvalue weighted by molar-refractivity contribution is 6.29. The Balaban J connectivity index is 2.71. The largest absolute Gasteiger partial charge is 0.399 e. The summed E-state index contributed by atoms with van der Waals surface area (Å²) in [6.45, 7) is 6.37. The standard InChI is InChI=1S/C9H12ClN3/c1-6(2)5-12-9-4-7(11)3-8(10)13-9/h3-4H,1,5H2,2H3,(H3,11,12,13). The first kappa shape index (κ1) is 9.86. The van der Waals surface area contributed by atoms with Gasteiger partial charge >= 0.3 is 0 Å². The number of hydrogen-bond donors (Lipinski definition) is 2. The third-order valence-electron chi connectivity index (χ3n) is 1.39. The second-order valence-corrected chi connectivity index (χ2v) is 3.31. The predicted octanol–water partition coefficient (Wildman–Crippen LogP) is 2.31. The number of hydrogen-bond acceptors (Lipinski definition) is 3. The molecule has 0 fully saturated rings. The van der Waals surface area contributed by atoms with Crippen LogP contribution in [0.15, 0.2) is 24.3 Å². The molecule has 0 aliphatic carbocycles. The Morgan fingerprint density at radius 2 is 2.38 bits per heavy atom. The fourth-order valence-corrected chi connectivity index (χ4v) is 1.07. The highest BCUT2D eigenvalue weighted by Gasteiger charge is 1.97. The number of anilines is 2. The van der Waals surface area contributed by atoms with Crippen LogP contribution in [0.4, 0.5) is 11.5 Å². The van der Waals surface area contributed by atoms with Gasteiger partial charge in [0.2, 0.25) is 0 Å². The minimum atomic E-state index is 0.393. The highest BCUT2D eigenvalue weighted by Crippen LogP contribution is 2.15. The van der Waals surface area contributed by atoms with Crippen LogP contribution in [-0.4, -0.2) is 11.5 Å². The topological polar surface area (TPSA) is 50.9 Å². The monoisotopic (exact) mass is 197 g/mol. The molecule has 0 unspecified atom stereocenters. The Kier molecular flexibility index (Phi) is 3.14. The van der Waals surface area contributed by atoms with Gasteiger partial charge in [0.25, 0.3) is 0 Å². The second-order valence-electron chi connectivity index (χ2n) is 2.92. The van der Waals surface area contributed by atoms with Gasteiger partial charge in [-0.3, -0.25) is 0 Å². The van der Waals surface area contributed by atoms with E-state index in [0.717, 1.165) is 5.57 Å². The number of nitrogens with two attached hydrogens (primary N) is 1. The number of pyridine rings is 1. The summed E-state index contributed by atoms with van der Waals surface area (Å²) >= 11 is 5.71. The Morgan fingerprint density at radius 1 is 1.69 bits per heavy atom. The van der Waals surface area contributed by atoms with E-state index < -0.39 is 0 Å². The molecule has 70 valence electrons. The van der Waals surface area contributed by atoms with E-state index in [4.69, 9.17) is 17.3 Å². The Hall–Kier alpha value is -1.22. The quantitative estimate of drug-likeness (QED) is 0.578. The molecule has 1 aromatic rings. The molecule has 0 spiro atoms. The molecule has 0 aliphatic heterocycles. The first-order valence-corrected chi connectivity index (χ1v) is 4.27. The van der Waals surface area contributed by atoms with Crippen LogP contribution in [0.5, 0.6) is 0 Å². The number of halogens is 1. The highest BCUT2D eigenvalue weighted by atomic mass is 35.5. The van der Waals surface area contributed by atoms with Gasteiger partial charge in [-0.1, -0.05) is 23.8 Å². The Bertz CT molecular complexity index is 302. The lowest BCUT2D eigenvalue weighted by atomic mass is 10.3. The Morgan fingerprint density at radius 3 is 2.92 bits per heavy atom. The van der Waals surface area contributed by atoms with E-state index in [2.05, 4.69) is 16.9 Å². The van der Waals surface area contributed by atoms with Gasteiger partial charge in [0, 0.05) is 18.3 Å². The molecule has 13 heavy (non-hydrogen) atoms. The van der Waals surface area contributed by atoms with E-state index in [1.165, 1.54) is 0 Å². The average molecular weight is 198 g/mol. The maximum Gasteiger partial charge on any atom is 0.133 e. The van der Waals surface area contributed by atoms with Crippen LogP contribution in [0.3, 0.4) is 0 Å². The molecule has 1 heterocycles. The third kappa shape index (κ3) is 3.34. The summed E-state index contributed by atoms with van der Waals surface area (Å²) in [7, 11) is 0. The normalized spacial score (nSPS) is 9.69. The fraction of sp³-hybridized carbons (Fsp3) is 0.222. The van der Waals surface area contributed by atoms with Crippen LogP contribution in [0.2, 0.25) is 5.15 Å². The van der Waals surface area contributed by atoms with Crippen molar-refractivity contribution >= 4 is 23.1 Å². The average Bonchev–Trinajstić information content (AvgIpc) is 1.99. The maximum absolute atomic E-state index is 5.71. The first-order chi connectivity index (χ1) is 6.08. The molecular formula is C9H12ClN3. The van der Waals surface area contributed by atoms with E-state index in [-0.39, 0.29) is 0 Å². The van der Waals surface area contributed by atoms with Crippen molar-refractivity contribution in [3.05, 3.63) is 29.4 Å². The van der Waals surface area contributed by atoms with E-state index in [1.54, 1.807) is 12.1 Å². The van der Waals surface area contributed by atoms with Gasteiger partial charge in [0.15, 0.2) is 0 Å². The maximum atomic E-state index is 5.71. The van der Waals surface area contributed by atoms with Crippen molar-refractivity contribution in [1.29, 1.82) is 0 Å². The van der Waals surface area contributed by atoms with E-state index in [1.807, 2.05) is 6.92 Å². The summed E-state index contributed by atoms with van der Waals surface area (Å²) in [6, 6.07) is 3.34. The van der Waals surface area contributed by atoms with Crippen LogP contribution in [0.25, 0.3) is 0 Å². The van der Waals surface area contributed by atoms with Crippen molar-refractivity contribution in [2.24, 2.45) is 0 Å². The molecule has 4 heteroatoms. The van der Waals surface area contributed by atoms with Gasteiger partial charge in [-0.25, -0.2) is 4.98 Å². The molecule has 0 aliphatic rings. The summed E-state index contributed by atoms with van der Waals surface area (Å²) in [5.41, 5.74) is 7.21. The van der Waals surface area contributed by atoms with Crippen LogP contribution in [-0.2, 0) is 0 Å². The van der Waals surface area contributed by atoms with Gasteiger partial charge in [-0.15, -0.1) is 0 Å². The predicted molar refractivity (Wildman–Crippen MR) is 57.0 cm³/mol. The van der Waals surface area contributed by atoms with E-state index in [0.29, 0.717) is 23.2 Å². The van der Waals surface area contributed by atoms with Gasteiger partial charge in [-0.2, -0.15) is 0 Å². The fourth-order valence-electron chi connectivity index (χ4n) is 0.849. The second kappa shape index (κ2) is 4.14. The molecule has 0 saturated carbocycles. The molecule has 3 N–H and O–H groups in total. The molecular weight excluding hydrogens is 186 g/mol. The summed E-state index contributed by atoms with van der Waals surface area (Å²) < 4.78 is 0. The van der Waals surface area contributed by atoms with E-state index in [9.17, 15) is 0 Å². The zero-order valence-corrected chi connectivity index (χ0v) is 8.23. The van der Waals surface area contributed by atoms with Crippen LogP contribution < -0.4 is 11.1 Å². The molecule has 1 aromatic heterocycles. The van der Waals surface area contributed by atoms with Crippen LogP contribution >= 0.6 is 11.6 Å². The van der Waals surface area contributed by atoms with Crippen molar-refractivity contribution in [2.45, 2.75) is 6.92 Å². The SMILES string of the molecule is C=C(C)CNc1cc(N)cc(Cl)n1. The molecule has 0 atom stereocenters. The number of nitrogen functional groups attached to an aromatic ring is 1. The van der Waals surface area contributed by atoms with Crippen molar-refractivity contribution in [3.63, 3.8) is 0 Å². The molecule has 3 nitrogen and oxygen atoms in total. The van der Waals surface area contributed by atoms with Gasteiger partial charge in [0.05, 0.1) is 0 Å². The summed E-state index contributed by atoms with van der Waals surface area (Å²) in [6.07, 6.45) is 0. The molecule has 1 rings (SSSR count). The van der Waals surface area contributed by atoms with Crippen molar-refractivity contribution in [1.82, 2.24) is 4.98 Å².